The molecule has 0 radical (unpaired) electrons. The summed E-state index contributed by atoms with van der Waals surface area (Å²) in [5.41, 5.74) is 0. The lowest BCUT2D eigenvalue weighted by Gasteiger charge is -2.31. The molecule has 0 saturated carbocycles. The monoisotopic (exact) mass is 240 g/mol. The molecule has 1 unspecified atom stereocenters. The van der Waals surface area contributed by atoms with Crippen LogP contribution in [-0.4, -0.2) is 48.1 Å². The molecule has 1 amide bonds. The van der Waals surface area contributed by atoms with Gasteiger partial charge in [-0.3, -0.25) is 9.59 Å². The Morgan fingerprint density at radius 1 is 1.35 bits per heavy atom. The molecule has 17 heavy (non-hydrogen) atoms. The molecule has 5 nitrogen and oxygen atoms in total. The highest BCUT2D eigenvalue weighted by molar-refractivity contribution is 5.78. The van der Waals surface area contributed by atoms with E-state index < -0.39 is 5.97 Å². The molecule has 0 bridgehead atoms. The first-order chi connectivity index (χ1) is 8.16. The number of carbonyl (C=O) groups excluding carboxylic acids is 1. The van der Waals surface area contributed by atoms with Gasteiger partial charge in [0.15, 0.2) is 0 Å². The number of aliphatic carboxylic acids is 1. The second kappa shape index (κ2) is 5.49. The molecule has 0 aromatic rings. The highest BCUT2D eigenvalue weighted by Gasteiger charge is 2.29. The predicted octanol–water partition coefficient (Wildman–Crippen LogP) is 0.309. The van der Waals surface area contributed by atoms with E-state index in [1.54, 1.807) is 4.90 Å². The molecule has 2 N–H and O–H groups in total. The Kier molecular flexibility index (Phi) is 3.99. The molecule has 2 fully saturated rings. The van der Waals surface area contributed by atoms with Crippen molar-refractivity contribution in [3.63, 3.8) is 0 Å². The van der Waals surface area contributed by atoms with E-state index in [4.69, 9.17) is 5.11 Å². The second-order valence-electron chi connectivity index (χ2n) is 5.08. The number of hydrogen-bond acceptors (Lipinski definition) is 3. The van der Waals surface area contributed by atoms with Crippen molar-refractivity contribution in [3.8, 4) is 0 Å². The van der Waals surface area contributed by atoms with E-state index in [1.807, 2.05) is 0 Å². The van der Waals surface area contributed by atoms with Crippen LogP contribution >= 0.6 is 0 Å². The lowest BCUT2D eigenvalue weighted by Crippen LogP contribution is -2.42. The van der Waals surface area contributed by atoms with Crippen molar-refractivity contribution in [2.24, 2.45) is 11.8 Å². The summed E-state index contributed by atoms with van der Waals surface area (Å²) in [5, 5.41) is 12.2. The average Bonchev–Trinajstić information content (AvgIpc) is 2.82. The fourth-order valence-corrected chi connectivity index (χ4v) is 2.67. The van der Waals surface area contributed by atoms with E-state index in [0.29, 0.717) is 25.3 Å². The molecule has 2 aliphatic rings. The van der Waals surface area contributed by atoms with Crippen molar-refractivity contribution in [1.82, 2.24) is 10.2 Å². The highest BCUT2D eigenvalue weighted by atomic mass is 16.4. The predicted molar refractivity (Wildman–Crippen MR) is 62.5 cm³/mol. The third kappa shape index (κ3) is 3.19. The zero-order valence-electron chi connectivity index (χ0n) is 10.0. The number of carboxylic acids is 1. The molecular formula is C12H20N2O3. The first-order valence-electron chi connectivity index (χ1n) is 6.38. The van der Waals surface area contributed by atoms with Gasteiger partial charge in [-0.05, 0) is 38.3 Å². The van der Waals surface area contributed by atoms with E-state index in [2.05, 4.69) is 5.32 Å². The standard InChI is InChI=1S/C12H20N2O3/c15-11(6-9-3-4-13-7-9)14-5-1-2-10(8-14)12(16)17/h9-10,13H,1-8H2,(H,16,17)/t9?,10-/m1/s1. The Labute approximate surface area is 101 Å². The number of likely N-dealkylation sites (tertiary alicyclic amines) is 1. The zero-order valence-corrected chi connectivity index (χ0v) is 10.0. The van der Waals surface area contributed by atoms with Gasteiger partial charge in [0.05, 0.1) is 5.92 Å². The largest absolute Gasteiger partial charge is 0.481 e. The van der Waals surface area contributed by atoms with E-state index in [1.165, 1.54) is 0 Å². The quantitative estimate of drug-likeness (QED) is 0.745. The van der Waals surface area contributed by atoms with Crippen molar-refractivity contribution in [3.05, 3.63) is 0 Å². The first kappa shape index (κ1) is 12.4. The number of piperidine rings is 1. The summed E-state index contributed by atoms with van der Waals surface area (Å²) in [5.74, 6) is -0.572. The molecule has 2 rings (SSSR count). The van der Waals surface area contributed by atoms with Gasteiger partial charge in [-0.1, -0.05) is 0 Å². The van der Waals surface area contributed by atoms with Gasteiger partial charge < -0.3 is 15.3 Å². The van der Waals surface area contributed by atoms with Gasteiger partial charge in [-0.15, -0.1) is 0 Å². The van der Waals surface area contributed by atoms with Crippen molar-refractivity contribution >= 4 is 11.9 Å². The van der Waals surface area contributed by atoms with Crippen LogP contribution < -0.4 is 5.32 Å². The number of nitrogens with one attached hydrogen (secondary N) is 1. The van der Waals surface area contributed by atoms with E-state index in [-0.39, 0.29) is 11.8 Å². The molecule has 2 heterocycles. The SMILES string of the molecule is O=C(O)[C@@H]1CCCN(C(=O)CC2CCNC2)C1. The number of carboxylic acid groups (broad SMARTS) is 1. The molecule has 96 valence electrons. The highest BCUT2D eigenvalue weighted by Crippen LogP contribution is 2.20. The Balaban J connectivity index is 1.83. The maximum Gasteiger partial charge on any atom is 0.308 e. The molecule has 2 atom stereocenters. The molecule has 5 heteroatoms. The smallest absolute Gasteiger partial charge is 0.308 e. The third-order valence-corrected chi connectivity index (χ3v) is 3.75. The second-order valence-corrected chi connectivity index (χ2v) is 5.08. The van der Waals surface area contributed by atoms with Crippen LogP contribution in [0, 0.1) is 11.8 Å². The van der Waals surface area contributed by atoms with Crippen LogP contribution in [0.15, 0.2) is 0 Å². The molecule has 0 aromatic heterocycles. The van der Waals surface area contributed by atoms with Crippen LogP contribution in [-0.2, 0) is 9.59 Å². The average molecular weight is 240 g/mol. The number of nitrogens with zero attached hydrogens (tertiary/aromatic N) is 1. The molecule has 0 aromatic carbocycles. The Morgan fingerprint density at radius 3 is 2.82 bits per heavy atom. The summed E-state index contributed by atoms with van der Waals surface area (Å²) in [6, 6.07) is 0. The van der Waals surface area contributed by atoms with Crippen LogP contribution in [0.25, 0.3) is 0 Å². The van der Waals surface area contributed by atoms with Gasteiger partial charge >= 0.3 is 5.97 Å². The summed E-state index contributed by atoms with van der Waals surface area (Å²) >= 11 is 0. The van der Waals surface area contributed by atoms with E-state index in [9.17, 15) is 9.59 Å². The molecule has 2 saturated heterocycles. The lowest BCUT2D eigenvalue weighted by atomic mass is 9.97. The van der Waals surface area contributed by atoms with Gasteiger partial charge in [0, 0.05) is 19.5 Å². The molecule has 2 aliphatic heterocycles. The van der Waals surface area contributed by atoms with Gasteiger partial charge in [-0.2, -0.15) is 0 Å². The zero-order chi connectivity index (χ0) is 12.3. The topological polar surface area (TPSA) is 69.6 Å². The Hall–Kier alpha value is -1.10. The van der Waals surface area contributed by atoms with Crippen LogP contribution in [0.4, 0.5) is 0 Å². The van der Waals surface area contributed by atoms with E-state index in [0.717, 1.165) is 32.5 Å². The van der Waals surface area contributed by atoms with E-state index >= 15 is 0 Å². The summed E-state index contributed by atoms with van der Waals surface area (Å²) in [7, 11) is 0. The fraction of sp³-hybridized carbons (Fsp3) is 0.833. The van der Waals surface area contributed by atoms with Crippen molar-refractivity contribution in [2.75, 3.05) is 26.2 Å². The maximum absolute atomic E-state index is 12.0. The summed E-state index contributed by atoms with van der Waals surface area (Å²) in [4.78, 5) is 24.7. The summed E-state index contributed by atoms with van der Waals surface area (Å²) < 4.78 is 0. The van der Waals surface area contributed by atoms with Gasteiger partial charge in [0.25, 0.3) is 0 Å². The minimum Gasteiger partial charge on any atom is -0.481 e. The van der Waals surface area contributed by atoms with Crippen LogP contribution in [0.1, 0.15) is 25.7 Å². The van der Waals surface area contributed by atoms with Crippen LogP contribution in [0.2, 0.25) is 0 Å². The molecule has 0 aliphatic carbocycles. The number of hydrogen-bond donors (Lipinski definition) is 2. The van der Waals surface area contributed by atoms with Gasteiger partial charge in [-0.25, -0.2) is 0 Å². The van der Waals surface area contributed by atoms with Gasteiger partial charge in [0.1, 0.15) is 0 Å². The molecule has 0 spiro atoms. The number of carbonyl (C=O) groups is 2. The number of amides is 1. The summed E-state index contributed by atoms with van der Waals surface area (Å²) in [6.07, 6.45) is 3.14. The Bertz CT molecular complexity index is 300. The first-order valence-corrected chi connectivity index (χ1v) is 6.38. The van der Waals surface area contributed by atoms with Crippen molar-refractivity contribution in [1.29, 1.82) is 0 Å². The lowest BCUT2D eigenvalue weighted by molar-refractivity contribution is -0.145. The van der Waals surface area contributed by atoms with Crippen LogP contribution in [0.3, 0.4) is 0 Å². The number of rotatable bonds is 3. The minimum absolute atomic E-state index is 0.129. The maximum atomic E-state index is 12.0. The van der Waals surface area contributed by atoms with Crippen molar-refractivity contribution < 1.29 is 14.7 Å². The minimum atomic E-state index is -0.773. The fourth-order valence-electron chi connectivity index (χ4n) is 2.67. The normalized spacial score (nSPS) is 29.3. The third-order valence-electron chi connectivity index (χ3n) is 3.75. The Morgan fingerprint density at radius 2 is 2.18 bits per heavy atom. The van der Waals surface area contributed by atoms with Gasteiger partial charge in [0.2, 0.25) is 5.91 Å². The van der Waals surface area contributed by atoms with Crippen LogP contribution in [0.5, 0.6) is 0 Å². The molecular weight excluding hydrogens is 220 g/mol. The summed E-state index contributed by atoms with van der Waals surface area (Å²) in [6.45, 7) is 3.04. The van der Waals surface area contributed by atoms with Crippen molar-refractivity contribution in [2.45, 2.75) is 25.7 Å².